The van der Waals surface area contributed by atoms with E-state index in [1.54, 1.807) is 12.1 Å². The Morgan fingerprint density at radius 2 is 2.00 bits per heavy atom. The van der Waals surface area contributed by atoms with Gasteiger partial charge >= 0.3 is 0 Å². The minimum Gasteiger partial charge on any atom is -0.372 e. The van der Waals surface area contributed by atoms with Crippen molar-refractivity contribution < 1.29 is 9.53 Å². The van der Waals surface area contributed by atoms with Crippen LogP contribution in [0.4, 0.5) is 0 Å². The van der Waals surface area contributed by atoms with Gasteiger partial charge in [0.15, 0.2) is 5.78 Å². The van der Waals surface area contributed by atoms with E-state index in [0.29, 0.717) is 18.1 Å². The predicted molar refractivity (Wildman–Crippen MR) is 52.3 cm³/mol. The lowest BCUT2D eigenvalue weighted by Gasteiger charge is -2.00. The van der Waals surface area contributed by atoms with Gasteiger partial charge in [0, 0.05) is 11.4 Å². The van der Waals surface area contributed by atoms with E-state index in [0.717, 1.165) is 0 Å². The second-order valence-corrected chi connectivity index (χ2v) is 2.91. The molecular formula is C10H11ClO2. The number of benzene rings is 1. The van der Waals surface area contributed by atoms with Crippen LogP contribution in [-0.2, 0) is 4.74 Å². The van der Waals surface area contributed by atoms with Gasteiger partial charge in [0.05, 0.1) is 6.61 Å². The summed E-state index contributed by atoms with van der Waals surface area (Å²) in [6.07, 6.45) is 0. The zero-order valence-corrected chi connectivity index (χ0v) is 7.96. The zero-order chi connectivity index (χ0) is 9.52. The molecule has 0 saturated heterocycles. The topological polar surface area (TPSA) is 26.3 Å². The van der Waals surface area contributed by atoms with Crippen LogP contribution in [0.1, 0.15) is 10.4 Å². The van der Waals surface area contributed by atoms with Crippen molar-refractivity contribution in [2.45, 2.75) is 0 Å². The number of ketones is 1. The maximum Gasteiger partial charge on any atom is 0.188 e. The summed E-state index contributed by atoms with van der Waals surface area (Å²) < 4.78 is 5.02. The molecule has 0 amide bonds. The number of hydrogen-bond donors (Lipinski definition) is 0. The molecule has 0 saturated carbocycles. The van der Waals surface area contributed by atoms with Crippen LogP contribution in [0.25, 0.3) is 0 Å². The number of carbonyl (C=O) groups is 1. The molecule has 0 unspecified atom stereocenters. The Hall–Kier alpha value is -0.860. The number of halogens is 1. The van der Waals surface area contributed by atoms with Crippen molar-refractivity contribution in [2.75, 3.05) is 19.1 Å². The van der Waals surface area contributed by atoms with Crippen LogP contribution in [0.2, 0.25) is 0 Å². The van der Waals surface area contributed by atoms with E-state index in [9.17, 15) is 4.79 Å². The van der Waals surface area contributed by atoms with Crippen LogP contribution in [-0.4, -0.2) is 24.9 Å². The second kappa shape index (κ2) is 5.73. The predicted octanol–water partition coefficient (Wildman–Crippen LogP) is 2.12. The highest BCUT2D eigenvalue weighted by molar-refractivity contribution is 6.18. The first-order valence-corrected chi connectivity index (χ1v) is 4.60. The highest BCUT2D eigenvalue weighted by atomic mass is 35.5. The van der Waals surface area contributed by atoms with E-state index in [2.05, 4.69) is 0 Å². The molecule has 70 valence electrons. The fourth-order valence-corrected chi connectivity index (χ4v) is 1.04. The van der Waals surface area contributed by atoms with Gasteiger partial charge in [-0.15, -0.1) is 11.6 Å². The van der Waals surface area contributed by atoms with Gasteiger partial charge in [-0.25, -0.2) is 0 Å². The van der Waals surface area contributed by atoms with E-state index in [-0.39, 0.29) is 12.4 Å². The largest absolute Gasteiger partial charge is 0.372 e. The van der Waals surface area contributed by atoms with Crippen LogP contribution in [0, 0.1) is 0 Å². The molecule has 0 spiro atoms. The molecule has 0 N–H and O–H groups in total. The molecule has 0 radical (unpaired) electrons. The molecule has 0 aliphatic rings. The number of rotatable bonds is 5. The van der Waals surface area contributed by atoms with E-state index < -0.39 is 0 Å². The van der Waals surface area contributed by atoms with Gasteiger partial charge in [0.2, 0.25) is 0 Å². The van der Waals surface area contributed by atoms with Gasteiger partial charge in [-0.1, -0.05) is 30.3 Å². The van der Waals surface area contributed by atoms with E-state index in [1.165, 1.54) is 0 Å². The van der Waals surface area contributed by atoms with Gasteiger partial charge in [0.25, 0.3) is 0 Å². The maximum atomic E-state index is 11.4. The molecule has 1 rings (SSSR count). The molecule has 13 heavy (non-hydrogen) atoms. The molecule has 1 aromatic rings. The molecule has 1 aromatic carbocycles. The Morgan fingerprint density at radius 1 is 1.31 bits per heavy atom. The van der Waals surface area contributed by atoms with Crippen molar-refractivity contribution in [3.05, 3.63) is 35.9 Å². The summed E-state index contributed by atoms with van der Waals surface area (Å²) >= 11 is 5.39. The highest BCUT2D eigenvalue weighted by Gasteiger charge is 2.03. The minimum absolute atomic E-state index is 0.00860. The second-order valence-electron chi connectivity index (χ2n) is 2.53. The molecule has 0 heterocycles. The fourth-order valence-electron chi connectivity index (χ4n) is 0.927. The third kappa shape index (κ3) is 3.57. The van der Waals surface area contributed by atoms with Crippen molar-refractivity contribution in [3.63, 3.8) is 0 Å². The summed E-state index contributed by atoms with van der Waals surface area (Å²) in [6.45, 7) is 0.525. The Kier molecular flexibility index (Phi) is 4.50. The van der Waals surface area contributed by atoms with Gasteiger partial charge < -0.3 is 4.74 Å². The van der Waals surface area contributed by atoms with Gasteiger partial charge in [0.1, 0.15) is 6.61 Å². The van der Waals surface area contributed by atoms with Crippen LogP contribution < -0.4 is 0 Å². The summed E-state index contributed by atoms with van der Waals surface area (Å²) in [5.74, 6) is 0.410. The molecule has 0 bridgehead atoms. The number of hydrogen-bond acceptors (Lipinski definition) is 2. The smallest absolute Gasteiger partial charge is 0.188 e. The summed E-state index contributed by atoms with van der Waals surface area (Å²) in [6, 6.07) is 9.07. The van der Waals surface area contributed by atoms with Crippen molar-refractivity contribution in [1.82, 2.24) is 0 Å². The van der Waals surface area contributed by atoms with Crippen LogP contribution in [0.5, 0.6) is 0 Å². The van der Waals surface area contributed by atoms with E-state index in [1.807, 2.05) is 18.2 Å². The molecule has 2 nitrogen and oxygen atoms in total. The maximum absolute atomic E-state index is 11.4. The van der Waals surface area contributed by atoms with Gasteiger partial charge in [-0.3, -0.25) is 4.79 Å². The lowest BCUT2D eigenvalue weighted by atomic mass is 10.1. The molecule has 0 fully saturated rings. The van der Waals surface area contributed by atoms with Gasteiger partial charge in [-0.05, 0) is 0 Å². The molecular weight excluding hydrogens is 188 g/mol. The SMILES string of the molecule is O=C(COCCCl)c1ccccc1. The molecule has 0 aliphatic heterocycles. The Morgan fingerprint density at radius 3 is 2.62 bits per heavy atom. The number of ether oxygens (including phenoxy) is 1. The summed E-state index contributed by atoms with van der Waals surface area (Å²) in [7, 11) is 0. The Bertz CT molecular complexity index is 259. The number of carbonyl (C=O) groups excluding carboxylic acids is 1. The first-order valence-electron chi connectivity index (χ1n) is 4.06. The Labute approximate surface area is 82.5 Å². The van der Waals surface area contributed by atoms with Gasteiger partial charge in [-0.2, -0.15) is 0 Å². The summed E-state index contributed by atoms with van der Waals surface area (Å²) in [5, 5.41) is 0. The minimum atomic E-state index is -0.00860. The van der Waals surface area contributed by atoms with Crippen LogP contribution >= 0.6 is 11.6 Å². The lowest BCUT2D eigenvalue weighted by Crippen LogP contribution is -2.10. The number of Topliss-reactive ketones (excluding diaryl/α,β-unsaturated/α-hetero) is 1. The fraction of sp³-hybridized carbons (Fsp3) is 0.300. The average molecular weight is 199 g/mol. The molecule has 0 aliphatic carbocycles. The standard InChI is InChI=1S/C10H11ClO2/c11-6-7-13-8-10(12)9-4-2-1-3-5-9/h1-5H,6-8H2. The normalized spacial score (nSPS) is 9.92. The molecule has 3 heteroatoms. The lowest BCUT2D eigenvalue weighted by molar-refractivity contribution is 0.0786. The third-order valence-corrected chi connectivity index (χ3v) is 1.70. The highest BCUT2D eigenvalue weighted by Crippen LogP contribution is 1.99. The first-order chi connectivity index (χ1) is 6.34. The van der Waals surface area contributed by atoms with Crippen molar-refractivity contribution in [3.8, 4) is 0 Å². The van der Waals surface area contributed by atoms with Crippen molar-refractivity contribution >= 4 is 17.4 Å². The van der Waals surface area contributed by atoms with Crippen molar-refractivity contribution in [2.24, 2.45) is 0 Å². The first kappa shape index (κ1) is 10.2. The molecule has 0 aromatic heterocycles. The molecule has 0 atom stereocenters. The monoisotopic (exact) mass is 198 g/mol. The van der Waals surface area contributed by atoms with Crippen LogP contribution in [0.15, 0.2) is 30.3 Å². The summed E-state index contributed by atoms with van der Waals surface area (Å²) in [5.41, 5.74) is 0.678. The third-order valence-electron chi connectivity index (χ3n) is 1.55. The average Bonchev–Trinajstić information content (AvgIpc) is 2.19. The summed E-state index contributed by atoms with van der Waals surface area (Å²) in [4.78, 5) is 11.4. The number of alkyl halides is 1. The quantitative estimate of drug-likeness (QED) is 0.412. The van der Waals surface area contributed by atoms with Crippen LogP contribution in [0.3, 0.4) is 0 Å². The van der Waals surface area contributed by atoms with Crippen molar-refractivity contribution in [1.29, 1.82) is 0 Å². The Balaban J connectivity index is 2.40. The van der Waals surface area contributed by atoms with E-state index >= 15 is 0 Å². The van der Waals surface area contributed by atoms with E-state index in [4.69, 9.17) is 16.3 Å². The zero-order valence-electron chi connectivity index (χ0n) is 7.20.